The van der Waals surface area contributed by atoms with Gasteiger partial charge in [0.05, 0.1) is 5.60 Å². The van der Waals surface area contributed by atoms with Crippen molar-refractivity contribution in [1.29, 1.82) is 0 Å². The van der Waals surface area contributed by atoms with Gasteiger partial charge in [-0.3, -0.25) is 0 Å². The number of anilines is 1. The van der Waals surface area contributed by atoms with E-state index in [0.717, 1.165) is 32.4 Å². The Kier molecular flexibility index (Phi) is 4.48. The van der Waals surface area contributed by atoms with Crippen molar-refractivity contribution in [1.82, 2.24) is 0 Å². The summed E-state index contributed by atoms with van der Waals surface area (Å²) in [5, 5.41) is 0. The number of ether oxygens (including phenoxy) is 1. The molecular formula is C16H26N2O. The van der Waals surface area contributed by atoms with E-state index in [0.29, 0.717) is 6.04 Å². The van der Waals surface area contributed by atoms with E-state index >= 15 is 0 Å². The minimum Gasteiger partial charge on any atom is -0.379 e. The molecule has 1 aliphatic rings. The first-order valence-corrected chi connectivity index (χ1v) is 7.17. The smallest absolute Gasteiger partial charge is 0.0639 e. The maximum Gasteiger partial charge on any atom is 0.0639 e. The third kappa shape index (κ3) is 3.28. The van der Waals surface area contributed by atoms with Crippen LogP contribution in [0.1, 0.15) is 32.3 Å². The lowest BCUT2D eigenvalue weighted by Crippen LogP contribution is -2.46. The zero-order valence-electron chi connectivity index (χ0n) is 12.4. The Morgan fingerprint density at radius 3 is 2.79 bits per heavy atom. The monoisotopic (exact) mass is 262 g/mol. The summed E-state index contributed by atoms with van der Waals surface area (Å²) >= 11 is 0. The number of aryl methyl sites for hydroxylation is 1. The van der Waals surface area contributed by atoms with Crippen LogP contribution in [0.5, 0.6) is 0 Å². The Bertz CT molecular complexity index is 417. The zero-order valence-corrected chi connectivity index (χ0v) is 12.4. The zero-order chi connectivity index (χ0) is 13.9. The van der Waals surface area contributed by atoms with Gasteiger partial charge in [0, 0.05) is 31.9 Å². The molecule has 0 amide bonds. The van der Waals surface area contributed by atoms with Crippen LogP contribution in [0, 0.1) is 0 Å². The van der Waals surface area contributed by atoms with Gasteiger partial charge < -0.3 is 15.4 Å². The molecule has 0 spiro atoms. The number of para-hydroxylation sites is 1. The molecule has 0 bridgehead atoms. The molecule has 1 aromatic carbocycles. The first-order valence-electron chi connectivity index (χ1n) is 7.17. The molecule has 0 aromatic heterocycles. The largest absolute Gasteiger partial charge is 0.379 e. The molecule has 0 radical (unpaired) electrons. The number of benzene rings is 1. The molecule has 3 nitrogen and oxygen atoms in total. The van der Waals surface area contributed by atoms with Crippen molar-refractivity contribution in [3.05, 3.63) is 29.8 Å². The third-order valence-electron chi connectivity index (χ3n) is 4.27. The van der Waals surface area contributed by atoms with E-state index in [9.17, 15) is 0 Å². The SMILES string of the molecule is COC(C)(C)CCN1c2ccccc2CCC1CN. The summed E-state index contributed by atoms with van der Waals surface area (Å²) in [5.41, 5.74) is 8.68. The average Bonchev–Trinajstić information content (AvgIpc) is 2.44. The lowest BCUT2D eigenvalue weighted by atomic mass is 9.94. The van der Waals surface area contributed by atoms with Crippen molar-refractivity contribution in [2.45, 2.75) is 44.8 Å². The van der Waals surface area contributed by atoms with E-state index in [2.05, 4.69) is 43.0 Å². The highest BCUT2D eigenvalue weighted by atomic mass is 16.5. The van der Waals surface area contributed by atoms with Crippen LogP contribution < -0.4 is 10.6 Å². The van der Waals surface area contributed by atoms with Crippen molar-refractivity contribution >= 4 is 5.69 Å². The molecular weight excluding hydrogens is 236 g/mol. The van der Waals surface area contributed by atoms with Crippen molar-refractivity contribution in [3.63, 3.8) is 0 Å². The van der Waals surface area contributed by atoms with Crippen LogP contribution >= 0.6 is 0 Å². The number of methoxy groups -OCH3 is 1. The van der Waals surface area contributed by atoms with Gasteiger partial charge in [-0.15, -0.1) is 0 Å². The third-order valence-corrected chi connectivity index (χ3v) is 4.27. The number of nitrogens with zero attached hydrogens (tertiary/aromatic N) is 1. The summed E-state index contributed by atoms with van der Waals surface area (Å²) in [4.78, 5) is 2.47. The van der Waals surface area contributed by atoms with Gasteiger partial charge in [-0.1, -0.05) is 18.2 Å². The van der Waals surface area contributed by atoms with Crippen LogP contribution in [0.2, 0.25) is 0 Å². The summed E-state index contributed by atoms with van der Waals surface area (Å²) in [5.74, 6) is 0. The predicted octanol–water partition coefficient (Wildman–Crippen LogP) is 2.58. The number of hydrogen-bond donors (Lipinski definition) is 1. The Hall–Kier alpha value is -1.06. The van der Waals surface area contributed by atoms with Gasteiger partial charge >= 0.3 is 0 Å². The number of rotatable bonds is 5. The fraction of sp³-hybridized carbons (Fsp3) is 0.625. The summed E-state index contributed by atoms with van der Waals surface area (Å²) in [6.45, 7) is 6.00. The topological polar surface area (TPSA) is 38.5 Å². The molecule has 106 valence electrons. The van der Waals surface area contributed by atoms with Crippen molar-refractivity contribution in [3.8, 4) is 0 Å². The van der Waals surface area contributed by atoms with E-state index < -0.39 is 0 Å². The lowest BCUT2D eigenvalue weighted by molar-refractivity contribution is 0.0168. The first-order chi connectivity index (χ1) is 9.07. The molecule has 0 saturated heterocycles. The molecule has 1 unspecified atom stereocenters. The molecule has 0 fully saturated rings. The van der Waals surface area contributed by atoms with E-state index in [-0.39, 0.29) is 5.60 Å². The molecule has 0 saturated carbocycles. The maximum atomic E-state index is 5.95. The highest BCUT2D eigenvalue weighted by Gasteiger charge is 2.27. The molecule has 19 heavy (non-hydrogen) atoms. The van der Waals surface area contributed by atoms with E-state index in [1.54, 1.807) is 7.11 Å². The van der Waals surface area contributed by atoms with E-state index in [1.165, 1.54) is 11.3 Å². The normalized spacial score (nSPS) is 19.4. The van der Waals surface area contributed by atoms with Crippen molar-refractivity contribution in [2.75, 3.05) is 25.1 Å². The Labute approximate surface area is 116 Å². The van der Waals surface area contributed by atoms with E-state index in [4.69, 9.17) is 10.5 Å². The second kappa shape index (κ2) is 5.93. The van der Waals surface area contributed by atoms with Crippen LogP contribution in [-0.4, -0.2) is 31.8 Å². The van der Waals surface area contributed by atoms with Gasteiger partial charge in [0.2, 0.25) is 0 Å². The van der Waals surface area contributed by atoms with Crippen molar-refractivity contribution in [2.24, 2.45) is 5.73 Å². The minimum atomic E-state index is -0.0778. The highest BCUT2D eigenvalue weighted by molar-refractivity contribution is 5.56. The second-order valence-electron chi connectivity index (χ2n) is 5.96. The van der Waals surface area contributed by atoms with Crippen molar-refractivity contribution < 1.29 is 4.74 Å². The molecule has 2 N–H and O–H groups in total. The lowest BCUT2D eigenvalue weighted by Gasteiger charge is -2.40. The molecule has 2 rings (SSSR count). The Morgan fingerprint density at radius 2 is 2.11 bits per heavy atom. The predicted molar refractivity (Wildman–Crippen MR) is 80.7 cm³/mol. The van der Waals surface area contributed by atoms with Crippen LogP contribution in [-0.2, 0) is 11.2 Å². The molecule has 0 aliphatic carbocycles. The van der Waals surface area contributed by atoms with Crippen LogP contribution in [0.4, 0.5) is 5.69 Å². The number of fused-ring (bicyclic) bond motifs is 1. The summed E-state index contributed by atoms with van der Waals surface area (Å²) in [6, 6.07) is 9.15. The molecule has 1 aromatic rings. The summed E-state index contributed by atoms with van der Waals surface area (Å²) in [6.07, 6.45) is 3.30. The molecule has 1 atom stereocenters. The summed E-state index contributed by atoms with van der Waals surface area (Å²) < 4.78 is 5.53. The van der Waals surface area contributed by atoms with Gasteiger partial charge in [-0.05, 0) is 44.7 Å². The molecule has 1 aliphatic heterocycles. The van der Waals surface area contributed by atoms with Gasteiger partial charge in [-0.25, -0.2) is 0 Å². The second-order valence-corrected chi connectivity index (χ2v) is 5.96. The fourth-order valence-corrected chi connectivity index (χ4v) is 2.72. The van der Waals surface area contributed by atoms with Gasteiger partial charge in [0.1, 0.15) is 0 Å². The molecule has 1 heterocycles. The van der Waals surface area contributed by atoms with Crippen LogP contribution in [0.25, 0.3) is 0 Å². The highest BCUT2D eigenvalue weighted by Crippen LogP contribution is 2.31. The fourth-order valence-electron chi connectivity index (χ4n) is 2.72. The average molecular weight is 262 g/mol. The Balaban J connectivity index is 2.16. The Morgan fingerprint density at radius 1 is 1.37 bits per heavy atom. The van der Waals surface area contributed by atoms with E-state index in [1.807, 2.05) is 0 Å². The number of nitrogens with two attached hydrogens (primary N) is 1. The van der Waals surface area contributed by atoms with Gasteiger partial charge in [-0.2, -0.15) is 0 Å². The minimum absolute atomic E-state index is 0.0778. The standard InChI is InChI=1S/C16H26N2O/c1-16(2,19-3)10-11-18-14(12-17)9-8-13-6-4-5-7-15(13)18/h4-7,14H,8-12,17H2,1-3H3. The van der Waals surface area contributed by atoms with Gasteiger partial charge in [0.25, 0.3) is 0 Å². The summed E-state index contributed by atoms with van der Waals surface area (Å²) in [7, 11) is 1.78. The number of hydrogen-bond acceptors (Lipinski definition) is 3. The van der Waals surface area contributed by atoms with Crippen LogP contribution in [0.15, 0.2) is 24.3 Å². The van der Waals surface area contributed by atoms with Gasteiger partial charge in [0.15, 0.2) is 0 Å². The molecule has 3 heteroatoms. The first kappa shape index (κ1) is 14.4. The quantitative estimate of drug-likeness (QED) is 0.886. The maximum absolute atomic E-state index is 5.95. The van der Waals surface area contributed by atoms with Crippen LogP contribution in [0.3, 0.4) is 0 Å².